The van der Waals surface area contributed by atoms with Gasteiger partial charge in [0.15, 0.2) is 11.5 Å². The minimum atomic E-state index is -2.97. The zero-order chi connectivity index (χ0) is 19.9. The van der Waals surface area contributed by atoms with E-state index in [4.69, 9.17) is 4.74 Å². The zero-order valence-electron chi connectivity index (χ0n) is 15.1. The predicted molar refractivity (Wildman–Crippen MR) is 98.6 cm³/mol. The number of nitrogens with zero attached hydrogens (tertiary/aromatic N) is 2. The second-order valence-electron chi connectivity index (χ2n) is 5.93. The molecule has 8 heteroatoms. The summed E-state index contributed by atoms with van der Waals surface area (Å²) in [6, 6.07) is 11.8. The van der Waals surface area contributed by atoms with Crippen molar-refractivity contribution < 1.29 is 23.0 Å². The number of hydrogen-bond acceptors (Lipinski definition) is 4. The average Bonchev–Trinajstić information content (AvgIpc) is 3.20. The fourth-order valence-corrected chi connectivity index (χ4v) is 2.74. The van der Waals surface area contributed by atoms with Crippen LogP contribution in [0.15, 0.2) is 61.2 Å². The molecule has 0 fully saturated rings. The number of carbonyl (C=O) groups is 1. The van der Waals surface area contributed by atoms with Gasteiger partial charge in [-0.1, -0.05) is 24.3 Å². The highest BCUT2D eigenvalue weighted by atomic mass is 19.3. The number of ether oxygens (including phenoxy) is 2. The molecule has 3 aromatic rings. The van der Waals surface area contributed by atoms with Crippen molar-refractivity contribution in [2.75, 3.05) is 7.11 Å². The molecule has 0 aliphatic carbocycles. The minimum Gasteiger partial charge on any atom is -0.493 e. The van der Waals surface area contributed by atoms with E-state index >= 15 is 0 Å². The number of methoxy groups -OCH3 is 1. The Bertz CT molecular complexity index is 930. The van der Waals surface area contributed by atoms with E-state index in [2.05, 4.69) is 15.0 Å². The summed E-state index contributed by atoms with van der Waals surface area (Å²) in [4.78, 5) is 16.5. The average molecular weight is 387 g/mol. The van der Waals surface area contributed by atoms with E-state index < -0.39 is 6.61 Å². The van der Waals surface area contributed by atoms with E-state index in [9.17, 15) is 13.6 Å². The van der Waals surface area contributed by atoms with Gasteiger partial charge in [0.1, 0.15) is 0 Å². The van der Waals surface area contributed by atoms with Crippen molar-refractivity contribution in [2.45, 2.75) is 19.7 Å². The summed E-state index contributed by atoms with van der Waals surface area (Å²) in [5.74, 6) is -0.410. The van der Waals surface area contributed by atoms with Crippen LogP contribution in [0.25, 0.3) is 0 Å². The van der Waals surface area contributed by atoms with E-state index in [1.54, 1.807) is 12.5 Å². The molecule has 0 bridgehead atoms. The van der Waals surface area contributed by atoms with Crippen molar-refractivity contribution in [3.05, 3.63) is 77.9 Å². The van der Waals surface area contributed by atoms with Crippen LogP contribution in [0.4, 0.5) is 8.78 Å². The summed E-state index contributed by atoms with van der Waals surface area (Å²) < 4.78 is 36.2. The Morgan fingerprint density at radius 1 is 1.18 bits per heavy atom. The van der Waals surface area contributed by atoms with Crippen molar-refractivity contribution in [2.24, 2.45) is 0 Å². The Labute approximate surface area is 160 Å². The number of halogens is 2. The number of imidazole rings is 1. The lowest BCUT2D eigenvalue weighted by Crippen LogP contribution is -2.23. The smallest absolute Gasteiger partial charge is 0.387 e. The Morgan fingerprint density at radius 2 is 1.96 bits per heavy atom. The Balaban J connectivity index is 1.69. The minimum absolute atomic E-state index is 0.0634. The molecule has 1 aromatic heterocycles. The van der Waals surface area contributed by atoms with Crippen LogP contribution in [0.1, 0.15) is 21.5 Å². The van der Waals surface area contributed by atoms with E-state index in [1.165, 1.54) is 25.3 Å². The monoisotopic (exact) mass is 387 g/mol. The SMILES string of the molecule is COc1cc(C(=O)NCc2ccccc2Cn2ccnc2)ccc1OC(F)F. The van der Waals surface area contributed by atoms with E-state index in [1.807, 2.05) is 35.0 Å². The van der Waals surface area contributed by atoms with Gasteiger partial charge in [-0.3, -0.25) is 4.79 Å². The first-order valence-corrected chi connectivity index (χ1v) is 8.50. The molecule has 0 saturated heterocycles. The molecule has 0 radical (unpaired) electrons. The van der Waals surface area contributed by atoms with Crippen LogP contribution in [0, 0.1) is 0 Å². The van der Waals surface area contributed by atoms with Crippen LogP contribution in [-0.4, -0.2) is 29.2 Å². The summed E-state index contributed by atoms with van der Waals surface area (Å²) in [7, 11) is 1.32. The third kappa shape index (κ3) is 4.85. The molecule has 0 aliphatic rings. The molecule has 6 nitrogen and oxygen atoms in total. The fraction of sp³-hybridized carbons (Fsp3) is 0.200. The normalized spacial score (nSPS) is 10.7. The van der Waals surface area contributed by atoms with Gasteiger partial charge in [-0.15, -0.1) is 0 Å². The molecule has 0 spiro atoms. The lowest BCUT2D eigenvalue weighted by atomic mass is 10.1. The van der Waals surface area contributed by atoms with Gasteiger partial charge in [0.2, 0.25) is 0 Å². The number of hydrogen-bond donors (Lipinski definition) is 1. The summed E-state index contributed by atoms with van der Waals surface area (Å²) in [5.41, 5.74) is 2.30. The first-order chi connectivity index (χ1) is 13.6. The summed E-state index contributed by atoms with van der Waals surface area (Å²) in [6.07, 6.45) is 5.30. The molecule has 0 aliphatic heterocycles. The second-order valence-corrected chi connectivity index (χ2v) is 5.93. The molecular weight excluding hydrogens is 368 g/mol. The summed E-state index contributed by atoms with van der Waals surface area (Å²) >= 11 is 0. The molecule has 146 valence electrons. The van der Waals surface area contributed by atoms with Gasteiger partial charge in [0.25, 0.3) is 5.91 Å². The van der Waals surface area contributed by atoms with E-state index in [-0.39, 0.29) is 23.0 Å². The van der Waals surface area contributed by atoms with Crippen molar-refractivity contribution in [3.8, 4) is 11.5 Å². The molecule has 1 amide bonds. The van der Waals surface area contributed by atoms with Gasteiger partial charge in [-0.25, -0.2) is 4.98 Å². The first-order valence-electron chi connectivity index (χ1n) is 8.50. The number of alkyl halides is 2. The Hall–Kier alpha value is -3.42. The molecule has 2 aromatic carbocycles. The summed E-state index contributed by atoms with van der Waals surface area (Å²) in [5, 5.41) is 2.84. The maximum atomic E-state index is 12.5. The molecule has 28 heavy (non-hydrogen) atoms. The number of nitrogens with one attached hydrogen (secondary N) is 1. The molecular formula is C20H19F2N3O3. The van der Waals surface area contributed by atoms with Crippen LogP contribution in [-0.2, 0) is 13.1 Å². The van der Waals surface area contributed by atoms with Crippen LogP contribution in [0.3, 0.4) is 0 Å². The highest BCUT2D eigenvalue weighted by molar-refractivity contribution is 5.94. The molecule has 0 saturated carbocycles. The Kier molecular flexibility index (Phi) is 6.21. The third-order valence-corrected chi connectivity index (χ3v) is 4.11. The standard InChI is InChI=1S/C20H19F2N3O3/c1-27-18-10-14(6-7-17(18)28-20(21)22)19(26)24-11-15-4-2-3-5-16(15)12-25-9-8-23-13-25/h2-10,13,20H,11-12H2,1H3,(H,24,26). The largest absolute Gasteiger partial charge is 0.493 e. The Morgan fingerprint density at radius 3 is 2.64 bits per heavy atom. The van der Waals surface area contributed by atoms with Crippen molar-refractivity contribution >= 4 is 5.91 Å². The highest BCUT2D eigenvalue weighted by Gasteiger charge is 2.14. The van der Waals surface area contributed by atoms with Crippen LogP contribution < -0.4 is 14.8 Å². The number of amides is 1. The van der Waals surface area contributed by atoms with E-state index in [0.29, 0.717) is 13.1 Å². The maximum absolute atomic E-state index is 12.5. The molecule has 1 heterocycles. The lowest BCUT2D eigenvalue weighted by Gasteiger charge is -2.13. The van der Waals surface area contributed by atoms with Gasteiger partial charge in [0.05, 0.1) is 13.4 Å². The number of rotatable bonds is 8. The topological polar surface area (TPSA) is 65.4 Å². The second kappa shape index (κ2) is 8.98. The van der Waals surface area contributed by atoms with E-state index in [0.717, 1.165) is 11.1 Å². The van der Waals surface area contributed by atoms with Gasteiger partial charge < -0.3 is 19.4 Å². The van der Waals surface area contributed by atoms with Crippen LogP contribution in [0.5, 0.6) is 11.5 Å². The quantitative estimate of drug-likeness (QED) is 0.643. The molecule has 3 rings (SSSR count). The molecule has 1 N–H and O–H groups in total. The van der Waals surface area contributed by atoms with Gasteiger partial charge in [0, 0.05) is 31.0 Å². The van der Waals surface area contributed by atoms with Gasteiger partial charge >= 0.3 is 6.61 Å². The van der Waals surface area contributed by atoms with Gasteiger partial charge in [-0.2, -0.15) is 8.78 Å². The number of benzene rings is 2. The first kappa shape index (κ1) is 19.3. The van der Waals surface area contributed by atoms with Crippen molar-refractivity contribution in [1.82, 2.24) is 14.9 Å². The number of carbonyl (C=O) groups excluding carboxylic acids is 1. The van der Waals surface area contributed by atoms with Crippen molar-refractivity contribution in [3.63, 3.8) is 0 Å². The summed E-state index contributed by atoms with van der Waals surface area (Å²) in [6.45, 7) is -2.01. The molecule has 0 atom stereocenters. The predicted octanol–water partition coefficient (Wildman–Crippen LogP) is 3.47. The molecule has 0 unspecified atom stereocenters. The number of aromatic nitrogens is 2. The van der Waals surface area contributed by atoms with Crippen molar-refractivity contribution in [1.29, 1.82) is 0 Å². The van der Waals surface area contributed by atoms with Gasteiger partial charge in [-0.05, 0) is 29.3 Å². The zero-order valence-corrected chi connectivity index (χ0v) is 15.1. The maximum Gasteiger partial charge on any atom is 0.387 e. The van der Waals surface area contributed by atoms with Crippen LogP contribution in [0.2, 0.25) is 0 Å². The highest BCUT2D eigenvalue weighted by Crippen LogP contribution is 2.29. The third-order valence-electron chi connectivity index (χ3n) is 4.11. The van der Waals surface area contributed by atoms with Crippen LogP contribution >= 0.6 is 0 Å². The lowest BCUT2D eigenvalue weighted by molar-refractivity contribution is -0.0512. The fourth-order valence-electron chi connectivity index (χ4n) is 2.74.